The van der Waals surface area contributed by atoms with E-state index < -0.39 is 0 Å². The van der Waals surface area contributed by atoms with Crippen molar-refractivity contribution in [2.24, 2.45) is 5.41 Å². The number of hydrogen-bond acceptors (Lipinski definition) is 3. The Morgan fingerprint density at radius 2 is 2.12 bits per heavy atom. The quantitative estimate of drug-likeness (QED) is 0.784. The van der Waals surface area contributed by atoms with Crippen LogP contribution in [-0.4, -0.2) is 31.4 Å². The highest BCUT2D eigenvalue weighted by Crippen LogP contribution is 2.25. The van der Waals surface area contributed by atoms with Crippen LogP contribution in [0.4, 0.5) is 0 Å². The van der Waals surface area contributed by atoms with Crippen molar-refractivity contribution in [3.05, 3.63) is 35.9 Å². The third kappa shape index (κ3) is 2.82. The summed E-state index contributed by atoms with van der Waals surface area (Å²) in [5.41, 5.74) is 1.12. The van der Waals surface area contributed by atoms with Gasteiger partial charge < -0.3 is 15.2 Å². The van der Waals surface area contributed by atoms with E-state index in [-0.39, 0.29) is 12.0 Å². The van der Waals surface area contributed by atoms with Gasteiger partial charge in [-0.15, -0.1) is 0 Å². The Hall–Kier alpha value is -0.900. The fourth-order valence-electron chi connectivity index (χ4n) is 2.06. The van der Waals surface area contributed by atoms with E-state index in [0.717, 1.165) is 19.5 Å². The molecule has 0 amide bonds. The molecule has 1 fully saturated rings. The van der Waals surface area contributed by atoms with Crippen molar-refractivity contribution in [1.82, 2.24) is 5.32 Å². The molecule has 16 heavy (non-hydrogen) atoms. The molecule has 1 aliphatic rings. The molecule has 3 heteroatoms. The number of nitrogens with one attached hydrogen (secondary N) is 1. The molecule has 1 unspecified atom stereocenters. The zero-order valence-electron chi connectivity index (χ0n) is 9.48. The first-order valence-corrected chi connectivity index (χ1v) is 5.78. The Morgan fingerprint density at radius 3 is 2.75 bits per heavy atom. The van der Waals surface area contributed by atoms with Crippen molar-refractivity contribution in [3.8, 4) is 0 Å². The summed E-state index contributed by atoms with van der Waals surface area (Å²) in [4.78, 5) is 0. The van der Waals surface area contributed by atoms with E-state index in [1.54, 1.807) is 0 Å². The molecule has 1 atom stereocenters. The van der Waals surface area contributed by atoms with Gasteiger partial charge >= 0.3 is 0 Å². The summed E-state index contributed by atoms with van der Waals surface area (Å²) in [5.74, 6) is 0. The largest absolute Gasteiger partial charge is 0.396 e. The first-order chi connectivity index (χ1) is 7.85. The number of rotatable bonds is 5. The normalized spacial score (nSPS) is 24.8. The average Bonchev–Trinajstić information content (AvgIpc) is 2.80. The molecule has 88 valence electrons. The lowest BCUT2D eigenvalue weighted by Crippen LogP contribution is -2.33. The molecule has 0 saturated carbocycles. The Kier molecular flexibility index (Phi) is 3.93. The summed E-state index contributed by atoms with van der Waals surface area (Å²) < 4.78 is 5.70. The molecule has 0 aromatic heterocycles. The van der Waals surface area contributed by atoms with Gasteiger partial charge in [-0.1, -0.05) is 30.3 Å². The lowest BCUT2D eigenvalue weighted by atomic mass is 9.89. The number of aliphatic hydroxyl groups excluding tert-OH is 1. The van der Waals surface area contributed by atoms with Crippen LogP contribution in [0.3, 0.4) is 0 Å². The highest BCUT2D eigenvalue weighted by Gasteiger charge is 2.33. The molecule has 0 aliphatic carbocycles. The number of ether oxygens (including phenoxy) is 1. The van der Waals surface area contributed by atoms with Gasteiger partial charge in [0, 0.05) is 12.0 Å². The zero-order chi connectivity index (χ0) is 11.3. The molecule has 0 spiro atoms. The summed E-state index contributed by atoms with van der Waals surface area (Å²) in [5, 5.41) is 12.7. The fraction of sp³-hybridized carbons (Fsp3) is 0.538. The van der Waals surface area contributed by atoms with Gasteiger partial charge in [0.05, 0.1) is 19.8 Å². The van der Waals surface area contributed by atoms with Crippen LogP contribution in [0.25, 0.3) is 0 Å². The van der Waals surface area contributed by atoms with Crippen molar-refractivity contribution < 1.29 is 9.84 Å². The van der Waals surface area contributed by atoms with E-state index in [0.29, 0.717) is 13.2 Å². The van der Waals surface area contributed by atoms with Gasteiger partial charge in [-0.3, -0.25) is 0 Å². The second kappa shape index (κ2) is 5.43. The molecule has 1 aromatic rings. The molecule has 1 aromatic carbocycles. The minimum absolute atomic E-state index is 0.0607. The van der Waals surface area contributed by atoms with E-state index in [1.165, 1.54) is 5.56 Å². The van der Waals surface area contributed by atoms with Gasteiger partial charge in [0.2, 0.25) is 0 Å². The van der Waals surface area contributed by atoms with Gasteiger partial charge in [0.15, 0.2) is 0 Å². The van der Waals surface area contributed by atoms with E-state index in [2.05, 4.69) is 17.4 Å². The lowest BCUT2D eigenvalue weighted by Gasteiger charge is -2.25. The van der Waals surface area contributed by atoms with Crippen molar-refractivity contribution in [2.45, 2.75) is 13.0 Å². The first kappa shape index (κ1) is 11.6. The van der Waals surface area contributed by atoms with Crippen molar-refractivity contribution in [3.63, 3.8) is 0 Å². The van der Waals surface area contributed by atoms with E-state index in [1.807, 2.05) is 18.2 Å². The van der Waals surface area contributed by atoms with Crippen LogP contribution in [0.5, 0.6) is 0 Å². The van der Waals surface area contributed by atoms with Gasteiger partial charge in [-0.25, -0.2) is 0 Å². The predicted molar refractivity (Wildman–Crippen MR) is 63.1 cm³/mol. The van der Waals surface area contributed by atoms with E-state index in [9.17, 15) is 5.11 Å². The fourth-order valence-corrected chi connectivity index (χ4v) is 2.06. The molecule has 1 saturated heterocycles. The standard InChI is InChI=1S/C13H19NO2/c15-10-13(6-7-14-9-13)11-16-8-12-4-2-1-3-5-12/h1-5,14-15H,6-11H2. The molecule has 0 radical (unpaired) electrons. The van der Waals surface area contributed by atoms with Crippen molar-refractivity contribution in [2.75, 3.05) is 26.3 Å². The van der Waals surface area contributed by atoms with Gasteiger partial charge in [0.25, 0.3) is 0 Å². The average molecular weight is 221 g/mol. The number of hydrogen-bond donors (Lipinski definition) is 2. The van der Waals surface area contributed by atoms with Crippen LogP contribution < -0.4 is 5.32 Å². The third-order valence-electron chi connectivity index (χ3n) is 3.19. The predicted octanol–water partition coefficient (Wildman–Crippen LogP) is 1.18. The maximum atomic E-state index is 9.39. The second-order valence-electron chi connectivity index (χ2n) is 4.56. The third-order valence-corrected chi connectivity index (χ3v) is 3.19. The zero-order valence-corrected chi connectivity index (χ0v) is 9.48. The maximum absolute atomic E-state index is 9.39. The lowest BCUT2D eigenvalue weighted by molar-refractivity contribution is 0.0102. The molecule has 0 bridgehead atoms. The smallest absolute Gasteiger partial charge is 0.0717 e. The van der Waals surface area contributed by atoms with Crippen LogP contribution >= 0.6 is 0 Å². The summed E-state index contributed by atoms with van der Waals surface area (Å²) in [7, 11) is 0. The summed E-state index contributed by atoms with van der Waals surface area (Å²) in [6.07, 6.45) is 0.998. The highest BCUT2D eigenvalue weighted by molar-refractivity contribution is 5.13. The van der Waals surface area contributed by atoms with Crippen molar-refractivity contribution in [1.29, 1.82) is 0 Å². The maximum Gasteiger partial charge on any atom is 0.0717 e. The Morgan fingerprint density at radius 1 is 1.31 bits per heavy atom. The number of aliphatic hydroxyl groups is 1. The second-order valence-corrected chi connectivity index (χ2v) is 4.56. The molecule has 2 rings (SSSR count). The molecule has 1 heterocycles. The Bertz CT molecular complexity index is 307. The van der Waals surface area contributed by atoms with Gasteiger partial charge in [0.1, 0.15) is 0 Å². The Labute approximate surface area is 96.4 Å². The first-order valence-electron chi connectivity index (χ1n) is 5.78. The van der Waals surface area contributed by atoms with Crippen LogP contribution in [0.1, 0.15) is 12.0 Å². The van der Waals surface area contributed by atoms with E-state index >= 15 is 0 Å². The van der Waals surface area contributed by atoms with Gasteiger partial charge in [-0.05, 0) is 18.5 Å². The van der Waals surface area contributed by atoms with Crippen LogP contribution in [0, 0.1) is 5.41 Å². The SMILES string of the molecule is OCC1(COCc2ccccc2)CCNC1. The minimum atomic E-state index is -0.0607. The monoisotopic (exact) mass is 221 g/mol. The van der Waals surface area contributed by atoms with Crippen LogP contribution in [0.15, 0.2) is 30.3 Å². The number of benzene rings is 1. The highest BCUT2D eigenvalue weighted by atomic mass is 16.5. The van der Waals surface area contributed by atoms with Crippen LogP contribution in [-0.2, 0) is 11.3 Å². The van der Waals surface area contributed by atoms with Crippen molar-refractivity contribution >= 4 is 0 Å². The topological polar surface area (TPSA) is 41.5 Å². The molecular weight excluding hydrogens is 202 g/mol. The minimum Gasteiger partial charge on any atom is -0.396 e. The molecule has 1 aliphatic heterocycles. The summed E-state index contributed by atoms with van der Waals surface area (Å²) in [6, 6.07) is 10.1. The molecular formula is C13H19NO2. The van der Waals surface area contributed by atoms with Gasteiger partial charge in [-0.2, -0.15) is 0 Å². The van der Waals surface area contributed by atoms with Crippen LogP contribution in [0.2, 0.25) is 0 Å². The molecule has 3 nitrogen and oxygen atoms in total. The Balaban J connectivity index is 1.79. The van der Waals surface area contributed by atoms with E-state index in [4.69, 9.17) is 4.74 Å². The summed E-state index contributed by atoms with van der Waals surface area (Å²) >= 11 is 0. The molecule has 2 N–H and O–H groups in total. The summed E-state index contributed by atoms with van der Waals surface area (Å²) in [6.45, 7) is 3.30.